The Bertz CT molecular complexity index is 291. The summed E-state index contributed by atoms with van der Waals surface area (Å²) in [7, 11) is 0. The van der Waals surface area contributed by atoms with Crippen LogP contribution in [0.2, 0.25) is 0 Å². The van der Waals surface area contributed by atoms with Gasteiger partial charge in [0, 0.05) is 32.5 Å². The van der Waals surface area contributed by atoms with E-state index in [2.05, 4.69) is 4.90 Å². The third-order valence-electron chi connectivity index (χ3n) is 4.30. The maximum Gasteiger partial charge on any atom is 0.306 e. The second-order valence-electron chi connectivity index (χ2n) is 5.71. The highest BCUT2D eigenvalue weighted by atomic mass is 19.3. The van der Waals surface area contributed by atoms with Crippen molar-refractivity contribution in [2.75, 3.05) is 19.6 Å². The molecule has 5 heteroatoms. The SMILES string of the molecule is O=C(O)C1CCC(CN2CCC(F)(F)CC2)CC1. The molecule has 18 heavy (non-hydrogen) atoms. The number of aliphatic carboxylic acids is 1. The number of alkyl halides is 2. The summed E-state index contributed by atoms with van der Waals surface area (Å²) < 4.78 is 26.0. The van der Waals surface area contributed by atoms with Crippen molar-refractivity contribution in [2.45, 2.75) is 44.4 Å². The van der Waals surface area contributed by atoms with Crippen LogP contribution in [-0.4, -0.2) is 41.5 Å². The smallest absolute Gasteiger partial charge is 0.306 e. The fourth-order valence-corrected chi connectivity index (χ4v) is 3.02. The van der Waals surface area contributed by atoms with Crippen LogP contribution in [0.4, 0.5) is 8.78 Å². The van der Waals surface area contributed by atoms with Crippen LogP contribution in [-0.2, 0) is 4.79 Å². The van der Waals surface area contributed by atoms with Crippen molar-refractivity contribution in [3.05, 3.63) is 0 Å². The van der Waals surface area contributed by atoms with Gasteiger partial charge in [-0.15, -0.1) is 0 Å². The van der Waals surface area contributed by atoms with E-state index < -0.39 is 11.9 Å². The Balaban J connectivity index is 1.71. The van der Waals surface area contributed by atoms with Crippen molar-refractivity contribution in [3.63, 3.8) is 0 Å². The average molecular weight is 261 g/mol. The molecule has 0 bridgehead atoms. The zero-order valence-electron chi connectivity index (χ0n) is 10.6. The highest BCUT2D eigenvalue weighted by Crippen LogP contribution is 2.32. The van der Waals surface area contributed by atoms with Crippen LogP contribution >= 0.6 is 0 Å². The van der Waals surface area contributed by atoms with Gasteiger partial charge in [-0.1, -0.05) is 0 Å². The highest BCUT2D eigenvalue weighted by Gasteiger charge is 2.35. The van der Waals surface area contributed by atoms with E-state index in [1.165, 1.54) is 0 Å². The third kappa shape index (κ3) is 3.64. The number of halogens is 2. The molecule has 2 aliphatic rings. The van der Waals surface area contributed by atoms with Crippen molar-refractivity contribution in [1.82, 2.24) is 4.90 Å². The maximum atomic E-state index is 13.0. The van der Waals surface area contributed by atoms with Crippen molar-refractivity contribution >= 4 is 5.97 Å². The molecule has 1 saturated heterocycles. The average Bonchev–Trinajstić information content (AvgIpc) is 2.33. The van der Waals surface area contributed by atoms with Gasteiger partial charge < -0.3 is 10.0 Å². The van der Waals surface area contributed by atoms with E-state index in [4.69, 9.17) is 5.11 Å². The Labute approximate surface area is 106 Å². The second kappa shape index (κ2) is 5.51. The van der Waals surface area contributed by atoms with Gasteiger partial charge in [0.15, 0.2) is 0 Å². The van der Waals surface area contributed by atoms with E-state index in [0.29, 0.717) is 19.0 Å². The Morgan fingerprint density at radius 3 is 2.22 bits per heavy atom. The van der Waals surface area contributed by atoms with E-state index in [0.717, 1.165) is 32.2 Å². The molecule has 1 saturated carbocycles. The summed E-state index contributed by atoms with van der Waals surface area (Å²) in [5.74, 6) is -2.86. The number of hydrogen-bond donors (Lipinski definition) is 1. The predicted octanol–water partition coefficient (Wildman–Crippen LogP) is 2.61. The molecule has 3 nitrogen and oxygen atoms in total. The Kier molecular flexibility index (Phi) is 4.20. The highest BCUT2D eigenvalue weighted by molar-refractivity contribution is 5.69. The van der Waals surface area contributed by atoms with Crippen LogP contribution in [0.5, 0.6) is 0 Å². The zero-order chi connectivity index (χ0) is 13.2. The Hall–Kier alpha value is -0.710. The molecule has 0 spiro atoms. The van der Waals surface area contributed by atoms with Gasteiger partial charge in [-0.25, -0.2) is 8.78 Å². The molecule has 2 fully saturated rings. The molecule has 1 aliphatic heterocycles. The number of nitrogens with zero attached hydrogens (tertiary/aromatic N) is 1. The molecule has 2 rings (SSSR count). The second-order valence-corrected chi connectivity index (χ2v) is 5.71. The molecule has 0 radical (unpaired) electrons. The van der Waals surface area contributed by atoms with Gasteiger partial charge in [-0.05, 0) is 31.6 Å². The molecule has 0 unspecified atom stereocenters. The molecule has 0 aromatic carbocycles. The first kappa shape index (κ1) is 13.7. The van der Waals surface area contributed by atoms with E-state index in [1.54, 1.807) is 0 Å². The molecular formula is C13H21F2NO2. The van der Waals surface area contributed by atoms with Crippen LogP contribution in [0.3, 0.4) is 0 Å². The Morgan fingerprint density at radius 1 is 1.17 bits per heavy atom. The summed E-state index contributed by atoms with van der Waals surface area (Å²) in [5, 5.41) is 8.91. The summed E-state index contributed by atoms with van der Waals surface area (Å²) >= 11 is 0. The number of carboxylic acids is 1. The van der Waals surface area contributed by atoms with Gasteiger partial charge >= 0.3 is 5.97 Å². The first-order chi connectivity index (χ1) is 8.46. The van der Waals surface area contributed by atoms with Gasteiger partial charge in [-0.3, -0.25) is 4.79 Å². The lowest BCUT2D eigenvalue weighted by molar-refractivity contribution is -0.143. The lowest BCUT2D eigenvalue weighted by Gasteiger charge is -2.35. The molecule has 0 atom stereocenters. The molecule has 1 heterocycles. The van der Waals surface area contributed by atoms with Gasteiger partial charge in [0.2, 0.25) is 0 Å². The quantitative estimate of drug-likeness (QED) is 0.849. The minimum Gasteiger partial charge on any atom is -0.481 e. The minimum absolute atomic E-state index is 0.0303. The molecular weight excluding hydrogens is 240 g/mol. The van der Waals surface area contributed by atoms with E-state index in [9.17, 15) is 13.6 Å². The predicted molar refractivity (Wildman–Crippen MR) is 63.7 cm³/mol. The van der Waals surface area contributed by atoms with Crippen LogP contribution in [0, 0.1) is 11.8 Å². The van der Waals surface area contributed by atoms with Crippen LogP contribution in [0.15, 0.2) is 0 Å². The van der Waals surface area contributed by atoms with Crippen LogP contribution < -0.4 is 0 Å². The first-order valence-corrected chi connectivity index (χ1v) is 6.79. The van der Waals surface area contributed by atoms with Crippen molar-refractivity contribution < 1.29 is 18.7 Å². The first-order valence-electron chi connectivity index (χ1n) is 6.79. The third-order valence-corrected chi connectivity index (χ3v) is 4.30. The fourth-order valence-electron chi connectivity index (χ4n) is 3.02. The standard InChI is InChI=1S/C13H21F2NO2/c14-13(15)5-7-16(8-6-13)9-10-1-3-11(4-2-10)12(17)18/h10-11H,1-9H2,(H,17,18). The Morgan fingerprint density at radius 2 is 1.72 bits per heavy atom. The number of carbonyl (C=O) groups is 1. The van der Waals surface area contributed by atoms with Gasteiger partial charge in [0.05, 0.1) is 5.92 Å². The summed E-state index contributed by atoms with van der Waals surface area (Å²) in [6.07, 6.45) is 3.26. The molecule has 1 N–H and O–H groups in total. The molecule has 0 aromatic heterocycles. The maximum absolute atomic E-state index is 13.0. The minimum atomic E-state index is -2.47. The lowest BCUT2D eigenvalue weighted by Crippen LogP contribution is -2.42. The summed E-state index contributed by atoms with van der Waals surface area (Å²) in [6, 6.07) is 0. The van der Waals surface area contributed by atoms with Crippen molar-refractivity contribution in [3.8, 4) is 0 Å². The number of likely N-dealkylation sites (tertiary alicyclic amines) is 1. The van der Waals surface area contributed by atoms with Crippen LogP contribution in [0.1, 0.15) is 38.5 Å². The summed E-state index contributed by atoms with van der Waals surface area (Å²) in [5.41, 5.74) is 0. The molecule has 0 aromatic rings. The molecule has 0 amide bonds. The summed E-state index contributed by atoms with van der Waals surface area (Å²) in [4.78, 5) is 12.9. The van der Waals surface area contributed by atoms with Gasteiger partial charge in [-0.2, -0.15) is 0 Å². The monoisotopic (exact) mass is 261 g/mol. The van der Waals surface area contributed by atoms with Gasteiger partial charge in [0.25, 0.3) is 5.92 Å². The zero-order valence-corrected chi connectivity index (χ0v) is 10.6. The number of hydrogen-bond acceptors (Lipinski definition) is 2. The molecule has 1 aliphatic carbocycles. The number of rotatable bonds is 3. The van der Waals surface area contributed by atoms with E-state index in [-0.39, 0.29) is 18.8 Å². The normalized spacial score (nSPS) is 33.2. The summed E-state index contributed by atoms with van der Waals surface area (Å²) in [6.45, 7) is 1.82. The van der Waals surface area contributed by atoms with Gasteiger partial charge in [0.1, 0.15) is 0 Å². The number of piperidine rings is 1. The van der Waals surface area contributed by atoms with Crippen LogP contribution in [0.25, 0.3) is 0 Å². The van der Waals surface area contributed by atoms with Crippen molar-refractivity contribution in [2.24, 2.45) is 11.8 Å². The fraction of sp³-hybridized carbons (Fsp3) is 0.923. The van der Waals surface area contributed by atoms with E-state index in [1.807, 2.05) is 0 Å². The van der Waals surface area contributed by atoms with E-state index >= 15 is 0 Å². The molecule has 104 valence electrons. The topological polar surface area (TPSA) is 40.5 Å². The van der Waals surface area contributed by atoms with Crippen molar-refractivity contribution in [1.29, 1.82) is 0 Å². The number of carboxylic acid groups (broad SMARTS) is 1. The lowest BCUT2D eigenvalue weighted by atomic mass is 9.81. The largest absolute Gasteiger partial charge is 0.481 e.